The largest absolute Gasteiger partial charge is 0.398 e. The van der Waals surface area contributed by atoms with Gasteiger partial charge in [-0.15, -0.1) is 0 Å². The van der Waals surface area contributed by atoms with E-state index < -0.39 is 0 Å². The smallest absolute Gasteiger partial charge is 0.326 e. The van der Waals surface area contributed by atoms with E-state index >= 15 is 0 Å². The Labute approximate surface area is 215 Å². The summed E-state index contributed by atoms with van der Waals surface area (Å²) in [6.45, 7) is 11.1. The van der Waals surface area contributed by atoms with E-state index in [4.69, 9.17) is 17.3 Å². The van der Waals surface area contributed by atoms with Crippen molar-refractivity contribution >= 4 is 34.7 Å². The molecule has 0 heterocycles. The van der Waals surface area contributed by atoms with Crippen molar-refractivity contribution in [1.82, 2.24) is 0 Å². The molecule has 0 saturated carbocycles. The van der Waals surface area contributed by atoms with E-state index in [0.29, 0.717) is 36.0 Å². The van der Waals surface area contributed by atoms with Crippen LogP contribution in [-0.4, -0.2) is 12.6 Å². The molecule has 0 saturated heterocycles. The summed E-state index contributed by atoms with van der Waals surface area (Å²) < 4.78 is 0. The lowest BCUT2D eigenvalue weighted by Gasteiger charge is -2.26. The molecule has 0 aliphatic heterocycles. The summed E-state index contributed by atoms with van der Waals surface area (Å²) in [4.78, 5) is 15.6. The summed E-state index contributed by atoms with van der Waals surface area (Å²) >= 11 is 6.51. The summed E-state index contributed by atoms with van der Waals surface area (Å²) in [5.41, 5.74) is 14.1. The first-order valence-electron chi connectivity index (χ1n) is 12.6. The standard InChI is InChI=1S/C30H38ClN3O/c1-6-21-9-11-22(12-10-21)17-18-34(24-15-13-23(14-16-24)20(4)5)30(35)33-29-25(7-2)27(31)19-28(32)26(29)8-3/h9-16,19-20H,6-8,17-18,32H2,1-5H3,(H,33,35). The predicted molar refractivity (Wildman–Crippen MR) is 151 cm³/mol. The normalized spacial score (nSPS) is 11.1. The second-order valence-electron chi connectivity index (χ2n) is 9.23. The van der Waals surface area contributed by atoms with Crippen molar-refractivity contribution in [3.63, 3.8) is 0 Å². The molecule has 0 aliphatic rings. The Morgan fingerprint density at radius 2 is 1.51 bits per heavy atom. The van der Waals surface area contributed by atoms with E-state index in [-0.39, 0.29) is 6.03 Å². The van der Waals surface area contributed by atoms with E-state index in [2.05, 4.69) is 62.5 Å². The van der Waals surface area contributed by atoms with Gasteiger partial charge < -0.3 is 11.1 Å². The number of rotatable bonds is 9. The molecule has 3 N–H and O–H groups in total. The van der Waals surface area contributed by atoms with Crippen LogP contribution in [-0.2, 0) is 25.7 Å². The number of anilines is 3. The lowest BCUT2D eigenvalue weighted by Crippen LogP contribution is -2.37. The number of nitrogen functional groups attached to an aromatic ring is 1. The van der Waals surface area contributed by atoms with Gasteiger partial charge in [-0.25, -0.2) is 4.79 Å². The monoisotopic (exact) mass is 491 g/mol. The fraction of sp³-hybridized carbons (Fsp3) is 0.367. The maximum absolute atomic E-state index is 13.7. The van der Waals surface area contributed by atoms with E-state index in [1.165, 1.54) is 16.7 Å². The minimum atomic E-state index is -0.182. The molecule has 4 nitrogen and oxygen atoms in total. The van der Waals surface area contributed by atoms with Crippen LogP contribution < -0.4 is 16.0 Å². The van der Waals surface area contributed by atoms with Gasteiger partial charge in [0, 0.05) is 22.9 Å². The zero-order chi connectivity index (χ0) is 25.5. The Balaban J connectivity index is 1.94. The first kappa shape index (κ1) is 26.6. The van der Waals surface area contributed by atoms with Gasteiger partial charge in [0.2, 0.25) is 0 Å². The molecule has 2 amide bonds. The van der Waals surface area contributed by atoms with Crippen molar-refractivity contribution in [3.05, 3.63) is 87.4 Å². The van der Waals surface area contributed by atoms with Crippen molar-refractivity contribution < 1.29 is 4.79 Å². The third kappa shape index (κ3) is 6.37. The maximum Gasteiger partial charge on any atom is 0.326 e. The number of carbonyl (C=O) groups excluding carboxylic acids is 1. The zero-order valence-corrected chi connectivity index (χ0v) is 22.4. The van der Waals surface area contributed by atoms with Crippen LogP contribution >= 0.6 is 11.6 Å². The molecule has 5 heteroatoms. The summed E-state index contributed by atoms with van der Waals surface area (Å²) in [5.74, 6) is 0.428. The van der Waals surface area contributed by atoms with E-state index in [0.717, 1.165) is 35.3 Å². The van der Waals surface area contributed by atoms with Gasteiger partial charge in [0.25, 0.3) is 0 Å². The highest BCUT2D eigenvalue weighted by atomic mass is 35.5. The summed E-state index contributed by atoms with van der Waals surface area (Å²) in [6.07, 6.45) is 3.18. The van der Waals surface area contributed by atoms with Crippen molar-refractivity contribution in [3.8, 4) is 0 Å². The molecule has 0 aliphatic carbocycles. The Morgan fingerprint density at radius 3 is 2.06 bits per heavy atom. The molecule has 186 valence electrons. The average Bonchev–Trinajstić information content (AvgIpc) is 2.85. The SMILES string of the molecule is CCc1ccc(CCN(C(=O)Nc2c(CC)c(N)cc(Cl)c2CC)c2ccc(C(C)C)cc2)cc1. The van der Waals surface area contributed by atoms with Gasteiger partial charge in [0.05, 0.1) is 5.69 Å². The molecule has 3 rings (SSSR count). The van der Waals surface area contributed by atoms with Crippen LogP contribution in [0.25, 0.3) is 0 Å². The van der Waals surface area contributed by atoms with Gasteiger partial charge in [0.15, 0.2) is 0 Å². The lowest BCUT2D eigenvalue weighted by atomic mass is 10.0. The van der Waals surface area contributed by atoms with Gasteiger partial charge in [-0.05, 0) is 77.6 Å². The zero-order valence-electron chi connectivity index (χ0n) is 21.6. The minimum absolute atomic E-state index is 0.182. The van der Waals surface area contributed by atoms with Crippen LogP contribution in [0.2, 0.25) is 5.02 Å². The number of benzene rings is 3. The van der Waals surface area contributed by atoms with Crippen molar-refractivity contribution in [2.24, 2.45) is 0 Å². The van der Waals surface area contributed by atoms with Gasteiger partial charge >= 0.3 is 6.03 Å². The minimum Gasteiger partial charge on any atom is -0.398 e. The van der Waals surface area contributed by atoms with E-state index in [9.17, 15) is 4.79 Å². The molecule has 0 spiro atoms. The molecule has 0 radical (unpaired) electrons. The van der Waals surface area contributed by atoms with E-state index in [1.54, 1.807) is 6.07 Å². The number of amides is 2. The fourth-order valence-corrected chi connectivity index (χ4v) is 4.72. The van der Waals surface area contributed by atoms with E-state index in [1.807, 2.05) is 30.9 Å². The number of aryl methyl sites for hydroxylation is 1. The highest BCUT2D eigenvalue weighted by molar-refractivity contribution is 6.32. The maximum atomic E-state index is 13.7. The second-order valence-corrected chi connectivity index (χ2v) is 9.64. The summed E-state index contributed by atoms with van der Waals surface area (Å²) in [6, 6.07) is 18.5. The number of nitrogens with one attached hydrogen (secondary N) is 1. The second kappa shape index (κ2) is 12.1. The number of carbonyl (C=O) groups is 1. The van der Waals surface area contributed by atoms with Gasteiger partial charge in [-0.1, -0.05) is 82.6 Å². The van der Waals surface area contributed by atoms with Gasteiger partial charge in [-0.2, -0.15) is 0 Å². The van der Waals surface area contributed by atoms with Crippen molar-refractivity contribution in [2.75, 3.05) is 22.5 Å². The molecule has 3 aromatic rings. The molecule has 35 heavy (non-hydrogen) atoms. The molecule has 3 aromatic carbocycles. The first-order chi connectivity index (χ1) is 16.8. The third-order valence-electron chi connectivity index (χ3n) is 6.63. The highest BCUT2D eigenvalue weighted by Crippen LogP contribution is 2.34. The van der Waals surface area contributed by atoms with Gasteiger partial charge in [0.1, 0.15) is 0 Å². The van der Waals surface area contributed by atoms with Crippen molar-refractivity contribution in [2.45, 2.75) is 66.2 Å². The van der Waals surface area contributed by atoms with Crippen LogP contribution in [0.1, 0.15) is 68.4 Å². The summed E-state index contributed by atoms with van der Waals surface area (Å²) in [5, 5.41) is 3.76. The number of hydrogen-bond donors (Lipinski definition) is 2. The number of nitrogens with zero attached hydrogens (tertiary/aromatic N) is 1. The number of nitrogens with two attached hydrogens (primary N) is 1. The van der Waals surface area contributed by atoms with Crippen molar-refractivity contribution in [1.29, 1.82) is 0 Å². The highest BCUT2D eigenvalue weighted by Gasteiger charge is 2.21. The third-order valence-corrected chi connectivity index (χ3v) is 6.97. The number of halogens is 1. The number of urea groups is 1. The summed E-state index contributed by atoms with van der Waals surface area (Å²) in [7, 11) is 0. The van der Waals surface area contributed by atoms with Gasteiger partial charge in [-0.3, -0.25) is 4.90 Å². The average molecular weight is 492 g/mol. The Morgan fingerprint density at radius 1 is 0.914 bits per heavy atom. The molecule has 0 fully saturated rings. The topological polar surface area (TPSA) is 58.4 Å². The molecule has 0 bridgehead atoms. The lowest BCUT2D eigenvalue weighted by molar-refractivity contribution is 0.257. The Kier molecular flexibility index (Phi) is 9.22. The molecule has 0 aromatic heterocycles. The fourth-order valence-electron chi connectivity index (χ4n) is 4.38. The molecule has 0 unspecified atom stereocenters. The number of hydrogen-bond acceptors (Lipinski definition) is 2. The van der Waals surface area contributed by atoms with Crippen LogP contribution in [0.5, 0.6) is 0 Å². The molecular formula is C30H38ClN3O. The van der Waals surface area contributed by atoms with Crippen LogP contribution in [0.15, 0.2) is 54.6 Å². The van der Waals surface area contributed by atoms with Crippen LogP contribution in [0, 0.1) is 0 Å². The quantitative estimate of drug-likeness (QED) is 0.298. The van der Waals surface area contributed by atoms with Crippen LogP contribution in [0.4, 0.5) is 21.9 Å². The Hall–Kier alpha value is -2.98. The first-order valence-corrected chi connectivity index (χ1v) is 13.0. The molecular weight excluding hydrogens is 454 g/mol. The Bertz CT molecular complexity index is 1110. The predicted octanol–water partition coefficient (Wildman–Crippen LogP) is 8.01. The molecule has 0 atom stereocenters. The van der Waals surface area contributed by atoms with Crippen LogP contribution in [0.3, 0.4) is 0 Å².